The Bertz CT molecular complexity index is 621. The van der Waals surface area contributed by atoms with Gasteiger partial charge in [-0.15, -0.1) is 0 Å². The van der Waals surface area contributed by atoms with Crippen LogP contribution in [0.25, 0.3) is 0 Å². The van der Waals surface area contributed by atoms with Crippen molar-refractivity contribution in [1.82, 2.24) is 9.80 Å². The average Bonchev–Trinajstić information content (AvgIpc) is 3.31. The number of likely N-dealkylation sites (tertiary alicyclic amines) is 1. The van der Waals surface area contributed by atoms with Gasteiger partial charge in [0, 0.05) is 36.3 Å². The van der Waals surface area contributed by atoms with Crippen LogP contribution in [0.2, 0.25) is 0 Å². The molecule has 1 aromatic carbocycles. The number of carbonyl (C=O) groups is 2. The molecule has 3 rings (SSSR count). The van der Waals surface area contributed by atoms with Crippen molar-refractivity contribution in [3.63, 3.8) is 0 Å². The second kappa shape index (κ2) is 6.93. The SMILES string of the molecule is CC1CC1C(=O)Nc1cccc(C(=O)N2CCC(N(C)C)CC2)c1. The normalized spacial score (nSPS) is 24.1. The predicted molar refractivity (Wildman–Crippen MR) is 95.0 cm³/mol. The summed E-state index contributed by atoms with van der Waals surface area (Å²) in [4.78, 5) is 28.9. The van der Waals surface area contributed by atoms with Gasteiger partial charge in [0.2, 0.25) is 5.91 Å². The van der Waals surface area contributed by atoms with Crippen LogP contribution in [0.4, 0.5) is 5.69 Å². The van der Waals surface area contributed by atoms with Gasteiger partial charge in [-0.25, -0.2) is 0 Å². The van der Waals surface area contributed by atoms with Crippen LogP contribution in [0.3, 0.4) is 0 Å². The zero-order valence-corrected chi connectivity index (χ0v) is 14.8. The van der Waals surface area contributed by atoms with E-state index in [4.69, 9.17) is 0 Å². The number of hydrogen-bond donors (Lipinski definition) is 1. The molecule has 130 valence electrons. The third kappa shape index (κ3) is 3.78. The monoisotopic (exact) mass is 329 g/mol. The van der Waals surface area contributed by atoms with E-state index in [2.05, 4.69) is 31.2 Å². The van der Waals surface area contributed by atoms with Crippen molar-refractivity contribution in [2.24, 2.45) is 11.8 Å². The quantitative estimate of drug-likeness (QED) is 0.923. The van der Waals surface area contributed by atoms with E-state index in [0.29, 0.717) is 23.2 Å². The highest BCUT2D eigenvalue weighted by Crippen LogP contribution is 2.38. The standard InChI is InChI=1S/C19H27N3O2/c1-13-11-17(13)18(23)20-15-6-4-5-14(12-15)19(24)22-9-7-16(8-10-22)21(2)3/h4-6,12-13,16-17H,7-11H2,1-3H3,(H,20,23). The zero-order valence-electron chi connectivity index (χ0n) is 14.8. The summed E-state index contributed by atoms with van der Waals surface area (Å²) in [6, 6.07) is 7.87. The van der Waals surface area contributed by atoms with Gasteiger partial charge in [0.05, 0.1) is 0 Å². The highest BCUT2D eigenvalue weighted by atomic mass is 16.2. The van der Waals surface area contributed by atoms with Gasteiger partial charge in [0.25, 0.3) is 5.91 Å². The topological polar surface area (TPSA) is 52.7 Å². The maximum absolute atomic E-state index is 12.7. The Labute approximate surface area is 144 Å². The van der Waals surface area contributed by atoms with Gasteiger partial charge in [-0.2, -0.15) is 0 Å². The molecule has 2 atom stereocenters. The summed E-state index contributed by atoms with van der Waals surface area (Å²) in [5.74, 6) is 0.740. The van der Waals surface area contributed by atoms with Crippen molar-refractivity contribution in [3.05, 3.63) is 29.8 Å². The van der Waals surface area contributed by atoms with Gasteiger partial charge in [0.1, 0.15) is 0 Å². The van der Waals surface area contributed by atoms with Gasteiger partial charge in [0.15, 0.2) is 0 Å². The molecule has 1 N–H and O–H groups in total. The van der Waals surface area contributed by atoms with E-state index in [1.165, 1.54) is 0 Å². The first-order valence-electron chi connectivity index (χ1n) is 8.82. The average molecular weight is 329 g/mol. The fourth-order valence-corrected chi connectivity index (χ4v) is 3.42. The van der Waals surface area contributed by atoms with Crippen LogP contribution in [0, 0.1) is 11.8 Å². The molecule has 0 radical (unpaired) electrons. The molecular weight excluding hydrogens is 302 g/mol. The fraction of sp³-hybridized carbons (Fsp3) is 0.579. The summed E-state index contributed by atoms with van der Waals surface area (Å²) in [5.41, 5.74) is 1.37. The number of nitrogens with zero attached hydrogens (tertiary/aromatic N) is 2. The first-order chi connectivity index (χ1) is 11.5. The third-order valence-electron chi connectivity index (χ3n) is 5.31. The van der Waals surface area contributed by atoms with E-state index < -0.39 is 0 Å². The molecule has 1 saturated heterocycles. The molecule has 1 aliphatic heterocycles. The number of piperidine rings is 1. The minimum absolute atomic E-state index is 0.0584. The number of amides is 2. The van der Waals surface area contributed by atoms with Gasteiger partial charge >= 0.3 is 0 Å². The number of rotatable bonds is 4. The Morgan fingerprint density at radius 3 is 2.46 bits per heavy atom. The Balaban J connectivity index is 1.61. The maximum Gasteiger partial charge on any atom is 0.253 e. The minimum Gasteiger partial charge on any atom is -0.339 e. The van der Waals surface area contributed by atoms with Crippen LogP contribution in [0.5, 0.6) is 0 Å². The number of anilines is 1. The molecule has 1 saturated carbocycles. The van der Waals surface area contributed by atoms with E-state index in [1.807, 2.05) is 23.1 Å². The van der Waals surface area contributed by atoms with Crippen molar-refractivity contribution in [3.8, 4) is 0 Å². The van der Waals surface area contributed by atoms with Gasteiger partial charge in [-0.05, 0) is 57.5 Å². The third-order valence-corrected chi connectivity index (χ3v) is 5.31. The lowest BCUT2D eigenvalue weighted by molar-refractivity contribution is -0.117. The molecule has 2 amide bonds. The summed E-state index contributed by atoms with van der Waals surface area (Å²) in [5, 5.41) is 2.94. The van der Waals surface area contributed by atoms with Gasteiger partial charge < -0.3 is 15.1 Å². The Hall–Kier alpha value is -1.88. The minimum atomic E-state index is 0.0584. The first kappa shape index (κ1) is 17.0. The van der Waals surface area contributed by atoms with E-state index >= 15 is 0 Å². The van der Waals surface area contributed by atoms with E-state index in [0.717, 1.165) is 32.4 Å². The molecule has 0 bridgehead atoms. The number of hydrogen-bond acceptors (Lipinski definition) is 3. The van der Waals surface area contributed by atoms with Crippen molar-refractivity contribution < 1.29 is 9.59 Å². The van der Waals surface area contributed by atoms with Crippen LogP contribution in [0.15, 0.2) is 24.3 Å². The summed E-state index contributed by atoms with van der Waals surface area (Å²) in [6.45, 7) is 3.66. The molecule has 24 heavy (non-hydrogen) atoms. The summed E-state index contributed by atoms with van der Waals surface area (Å²) >= 11 is 0. The molecule has 0 aromatic heterocycles. The molecule has 5 nitrogen and oxygen atoms in total. The van der Waals surface area contributed by atoms with Crippen LogP contribution >= 0.6 is 0 Å². The fourth-order valence-electron chi connectivity index (χ4n) is 3.42. The molecule has 1 heterocycles. The molecule has 1 aromatic rings. The lowest BCUT2D eigenvalue weighted by Crippen LogP contribution is -2.44. The van der Waals surface area contributed by atoms with Crippen molar-refractivity contribution in [2.45, 2.75) is 32.2 Å². The summed E-state index contributed by atoms with van der Waals surface area (Å²) in [6.07, 6.45) is 2.98. The largest absolute Gasteiger partial charge is 0.339 e. The number of benzene rings is 1. The Morgan fingerprint density at radius 1 is 1.21 bits per heavy atom. The molecule has 2 fully saturated rings. The van der Waals surface area contributed by atoms with Gasteiger partial charge in [-0.3, -0.25) is 9.59 Å². The molecular formula is C19H27N3O2. The van der Waals surface area contributed by atoms with Crippen molar-refractivity contribution in [2.75, 3.05) is 32.5 Å². The first-order valence-corrected chi connectivity index (χ1v) is 8.82. The van der Waals surface area contributed by atoms with Crippen molar-refractivity contribution >= 4 is 17.5 Å². The summed E-state index contributed by atoms with van der Waals surface area (Å²) in [7, 11) is 4.18. The second-order valence-corrected chi connectivity index (χ2v) is 7.38. The molecule has 0 spiro atoms. The maximum atomic E-state index is 12.7. The number of carbonyl (C=O) groups excluding carboxylic acids is 2. The number of nitrogens with one attached hydrogen (secondary N) is 1. The zero-order chi connectivity index (χ0) is 17.3. The van der Waals surface area contributed by atoms with Crippen LogP contribution in [-0.2, 0) is 4.79 Å². The molecule has 2 aliphatic rings. The lowest BCUT2D eigenvalue weighted by atomic mass is 10.0. The second-order valence-electron chi connectivity index (χ2n) is 7.38. The highest BCUT2D eigenvalue weighted by Gasteiger charge is 2.39. The van der Waals surface area contributed by atoms with E-state index in [9.17, 15) is 9.59 Å². The van der Waals surface area contributed by atoms with Gasteiger partial charge in [-0.1, -0.05) is 13.0 Å². The van der Waals surface area contributed by atoms with Crippen molar-refractivity contribution in [1.29, 1.82) is 0 Å². The predicted octanol–water partition coefficient (Wildman–Crippen LogP) is 2.45. The van der Waals surface area contributed by atoms with Crippen LogP contribution in [0.1, 0.15) is 36.5 Å². The van der Waals surface area contributed by atoms with Crippen LogP contribution in [-0.4, -0.2) is 54.8 Å². The van der Waals surface area contributed by atoms with E-state index in [-0.39, 0.29) is 17.7 Å². The Kier molecular flexibility index (Phi) is 4.90. The lowest BCUT2D eigenvalue weighted by Gasteiger charge is -2.35. The smallest absolute Gasteiger partial charge is 0.253 e. The van der Waals surface area contributed by atoms with E-state index in [1.54, 1.807) is 6.07 Å². The Morgan fingerprint density at radius 2 is 1.88 bits per heavy atom. The van der Waals surface area contributed by atoms with Crippen LogP contribution < -0.4 is 5.32 Å². The molecule has 5 heteroatoms. The highest BCUT2D eigenvalue weighted by molar-refractivity contribution is 5.98. The molecule has 1 aliphatic carbocycles. The summed E-state index contributed by atoms with van der Waals surface area (Å²) < 4.78 is 0. The molecule has 2 unspecified atom stereocenters.